The van der Waals surface area contributed by atoms with Crippen LogP contribution in [0.1, 0.15) is 19.4 Å². The Labute approximate surface area is 88.8 Å². The molecule has 0 bridgehead atoms. The molecule has 0 fully saturated rings. The van der Waals surface area contributed by atoms with Gasteiger partial charge in [-0.25, -0.2) is 0 Å². The van der Waals surface area contributed by atoms with Crippen LogP contribution < -0.4 is 0 Å². The normalized spacial score (nSPS) is 10.3. The van der Waals surface area contributed by atoms with E-state index >= 15 is 0 Å². The maximum atomic E-state index is 11.2. The highest BCUT2D eigenvalue weighted by Gasteiger charge is 2.08. The maximum Gasteiger partial charge on any atom is 0.308 e. The van der Waals surface area contributed by atoms with Crippen LogP contribution in [-0.4, -0.2) is 5.97 Å². The maximum absolute atomic E-state index is 11.2. The Balaban J connectivity index is 2.54. The second-order valence-electron chi connectivity index (χ2n) is 3.35. The number of halogens is 1. The van der Waals surface area contributed by atoms with Crippen LogP contribution in [0.4, 0.5) is 0 Å². The molecular formula is C11H13ClO2. The fourth-order valence-electron chi connectivity index (χ4n) is 0.931. The summed E-state index contributed by atoms with van der Waals surface area (Å²) in [7, 11) is 0. The van der Waals surface area contributed by atoms with E-state index in [0.29, 0.717) is 5.02 Å². The van der Waals surface area contributed by atoms with E-state index in [9.17, 15) is 4.79 Å². The number of ether oxygens (including phenoxy) is 1. The van der Waals surface area contributed by atoms with Gasteiger partial charge in [0.1, 0.15) is 6.61 Å². The lowest BCUT2D eigenvalue weighted by atomic mass is 10.2. The lowest BCUT2D eigenvalue weighted by Gasteiger charge is -2.07. The minimum Gasteiger partial charge on any atom is -0.461 e. The summed E-state index contributed by atoms with van der Waals surface area (Å²) in [5.41, 5.74) is 0.836. The van der Waals surface area contributed by atoms with E-state index in [1.54, 1.807) is 19.9 Å². The topological polar surface area (TPSA) is 26.3 Å². The van der Waals surface area contributed by atoms with Crippen LogP contribution in [0.3, 0.4) is 0 Å². The minimum absolute atomic E-state index is 0.0995. The molecule has 1 aromatic carbocycles. The van der Waals surface area contributed by atoms with Crippen LogP contribution >= 0.6 is 11.6 Å². The SMILES string of the molecule is CC(C)C(=O)OCc1ccccc1Cl. The van der Waals surface area contributed by atoms with E-state index in [0.717, 1.165) is 5.56 Å². The average Bonchev–Trinajstić information content (AvgIpc) is 2.16. The van der Waals surface area contributed by atoms with Crippen LogP contribution in [0.15, 0.2) is 24.3 Å². The fraction of sp³-hybridized carbons (Fsp3) is 0.364. The monoisotopic (exact) mass is 212 g/mol. The highest BCUT2D eigenvalue weighted by Crippen LogP contribution is 2.16. The summed E-state index contributed by atoms with van der Waals surface area (Å²) in [6.45, 7) is 3.85. The van der Waals surface area contributed by atoms with E-state index in [-0.39, 0.29) is 18.5 Å². The van der Waals surface area contributed by atoms with Crippen molar-refractivity contribution in [2.45, 2.75) is 20.5 Å². The van der Waals surface area contributed by atoms with Crippen molar-refractivity contribution in [3.05, 3.63) is 34.9 Å². The molecule has 1 aromatic rings. The zero-order chi connectivity index (χ0) is 10.6. The van der Waals surface area contributed by atoms with E-state index < -0.39 is 0 Å². The largest absolute Gasteiger partial charge is 0.461 e. The Morgan fingerprint density at radius 3 is 2.64 bits per heavy atom. The first-order valence-corrected chi connectivity index (χ1v) is 4.89. The first-order valence-electron chi connectivity index (χ1n) is 4.51. The number of carbonyl (C=O) groups is 1. The second-order valence-corrected chi connectivity index (χ2v) is 3.76. The third kappa shape index (κ3) is 3.04. The number of esters is 1. The van der Waals surface area contributed by atoms with Gasteiger partial charge in [-0.1, -0.05) is 43.6 Å². The van der Waals surface area contributed by atoms with Crippen LogP contribution in [0.5, 0.6) is 0 Å². The highest BCUT2D eigenvalue weighted by atomic mass is 35.5. The summed E-state index contributed by atoms with van der Waals surface area (Å²) < 4.78 is 5.05. The lowest BCUT2D eigenvalue weighted by Crippen LogP contribution is -2.11. The van der Waals surface area contributed by atoms with E-state index in [4.69, 9.17) is 16.3 Å². The summed E-state index contributed by atoms with van der Waals surface area (Å²) in [6.07, 6.45) is 0. The summed E-state index contributed by atoms with van der Waals surface area (Å²) >= 11 is 5.90. The molecule has 0 radical (unpaired) electrons. The zero-order valence-corrected chi connectivity index (χ0v) is 9.04. The predicted octanol–water partition coefficient (Wildman–Crippen LogP) is 3.04. The second kappa shape index (κ2) is 5.01. The standard InChI is InChI=1S/C11H13ClO2/c1-8(2)11(13)14-7-9-5-3-4-6-10(9)12/h3-6,8H,7H2,1-2H3. The molecule has 0 amide bonds. The molecule has 0 aliphatic carbocycles. The predicted molar refractivity (Wildman–Crippen MR) is 56.1 cm³/mol. The van der Waals surface area contributed by atoms with Crippen molar-refractivity contribution < 1.29 is 9.53 Å². The van der Waals surface area contributed by atoms with Gasteiger partial charge in [0.15, 0.2) is 0 Å². The number of carbonyl (C=O) groups excluding carboxylic acids is 1. The Hall–Kier alpha value is -1.02. The van der Waals surface area contributed by atoms with Gasteiger partial charge in [-0.3, -0.25) is 4.79 Å². The first-order chi connectivity index (χ1) is 6.61. The molecule has 0 aliphatic heterocycles. The lowest BCUT2D eigenvalue weighted by molar-refractivity contribution is -0.148. The molecular weight excluding hydrogens is 200 g/mol. The van der Waals surface area contributed by atoms with Gasteiger partial charge in [-0.05, 0) is 6.07 Å². The van der Waals surface area contributed by atoms with Gasteiger partial charge in [0, 0.05) is 10.6 Å². The molecule has 0 atom stereocenters. The van der Waals surface area contributed by atoms with Gasteiger partial charge >= 0.3 is 5.97 Å². The summed E-state index contributed by atoms with van der Waals surface area (Å²) in [5.74, 6) is -0.303. The van der Waals surface area contributed by atoms with Crippen LogP contribution in [0.2, 0.25) is 5.02 Å². The molecule has 14 heavy (non-hydrogen) atoms. The molecule has 76 valence electrons. The highest BCUT2D eigenvalue weighted by molar-refractivity contribution is 6.31. The van der Waals surface area contributed by atoms with Crippen LogP contribution in [-0.2, 0) is 16.1 Å². The summed E-state index contributed by atoms with van der Waals surface area (Å²) in [5, 5.41) is 0.629. The van der Waals surface area contributed by atoms with E-state index in [2.05, 4.69) is 0 Å². The average molecular weight is 213 g/mol. The third-order valence-electron chi connectivity index (χ3n) is 1.80. The van der Waals surface area contributed by atoms with Crippen molar-refractivity contribution in [2.75, 3.05) is 0 Å². The molecule has 0 saturated heterocycles. The molecule has 0 unspecified atom stereocenters. The molecule has 2 nitrogen and oxygen atoms in total. The van der Waals surface area contributed by atoms with E-state index in [1.165, 1.54) is 0 Å². The Morgan fingerprint density at radius 1 is 1.43 bits per heavy atom. The first kappa shape index (κ1) is 11.1. The summed E-state index contributed by atoms with van der Waals surface area (Å²) in [4.78, 5) is 11.2. The quantitative estimate of drug-likeness (QED) is 0.720. The van der Waals surface area contributed by atoms with Gasteiger partial charge in [0.25, 0.3) is 0 Å². The smallest absolute Gasteiger partial charge is 0.308 e. The van der Waals surface area contributed by atoms with Gasteiger partial charge in [-0.15, -0.1) is 0 Å². The van der Waals surface area contributed by atoms with Crippen LogP contribution in [0.25, 0.3) is 0 Å². The van der Waals surface area contributed by atoms with Crippen molar-refractivity contribution >= 4 is 17.6 Å². The molecule has 0 spiro atoms. The Morgan fingerprint density at radius 2 is 2.07 bits per heavy atom. The molecule has 0 heterocycles. The fourth-order valence-corrected chi connectivity index (χ4v) is 1.12. The molecule has 0 aromatic heterocycles. The zero-order valence-electron chi connectivity index (χ0n) is 8.29. The van der Waals surface area contributed by atoms with Crippen molar-refractivity contribution in [1.82, 2.24) is 0 Å². The molecule has 3 heteroatoms. The van der Waals surface area contributed by atoms with Crippen molar-refractivity contribution in [1.29, 1.82) is 0 Å². The van der Waals surface area contributed by atoms with Gasteiger partial charge in [-0.2, -0.15) is 0 Å². The van der Waals surface area contributed by atoms with E-state index in [1.807, 2.05) is 18.2 Å². The minimum atomic E-state index is -0.204. The summed E-state index contributed by atoms with van der Waals surface area (Å²) in [6, 6.07) is 7.33. The third-order valence-corrected chi connectivity index (χ3v) is 2.17. The number of benzene rings is 1. The van der Waals surface area contributed by atoms with Crippen molar-refractivity contribution in [2.24, 2.45) is 5.92 Å². The van der Waals surface area contributed by atoms with Gasteiger partial charge in [0.05, 0.1) is 5.92 Å². The molecule has 0 N–H and O–H groups in total. The molecule has 1 rings (SSSR count). The Bertz CT molecular complexity index is 321. The van der Waals surface area contributed by atoms with Crippen molar-refractivity contribution in [3.8, 4) is 0 Å². The number of hydrogen-bond donors (Lipinski definition) is 0. The van der Waals surface area contributed by atoms with Gasteiger partial charge < -0.3 is 4.74 Å². The Kier molecular flexibility index (Phi) is 3.96. The molecule has 0 saturated carbocycles. The van der Waals surface area contributed by atoms with Gasteiger partial charge in [0.2, 0.25) is 0 Å². The van der Waals surface area contributed by atoms with Crippen molar-refractivity contribution in [3.63, 3.8) is 0 Å². The molecule has 0 aliphatic rings. The number of hydrogen-bond acceptors (Lipinski definition) is 2. The van der Waals surface area contributed by atoms with Crippen LogP contribution in [0, 0.1) is 5.92 Å². The number of rotatable bonds is 3.